The van der Waals surface area contributed by atoms with E-state index in [2.05, 4.69) is 106 Å². The number of hydrogen-bond acceptors (Lipinski definition) is 6. The number of hydrogen-bond donors (Lipinski definition) is 0. The summed E-state index contributed by atoms with van der Waals surface area (Å²) in [5.74, 6) is -0.896. The minimum absolute atomic E-state index is 0.0842. The normalized spacial score (nSPS) is 12.6. The third-order valence-corrected chi connectivity index (χ3v) is 14.3. The predicted molar refractivity (Wildman–Crippen MR) is 334 cm³/mol. The number of esters is 3. The van der Waals surface area contributed by atoms with E-state index in [1.165, 1.54) is 186 Å². The highest BCUT2D eigenvalue weighted by Gasteiger charge is 2.19. The lowest BCUT2D eigenvalue weighted by molar-refractivity contribution is -0.167. The predicted octanol–water partition coefficient (Wildman–Crippen LogP) is 22.7. The van der Waals surface area contributed by atoms with E-state index in [1.54, 1.807) is 0 Å². The Kier molecular flexibility index (Phi) is 62.2. The highest BCUT2D eigenvalue weighted by atomic mass is 16.6. The summed E-state index contributed by atoms with van der Waals surface area (Å²) < 4.78 is 16.9. The SMILES string of the molecule is CCCC/C=C\C/C=C\CCCCCCCC(=O)OCC(COC(=O)CCCCCCCCCCCCCC/C=C\C/C=C\C/C=C\CCCCCCC)OC(=O)CCCCCCCCC/C=C\C/C=C\CCCCCC. The van der Waals surface area contributed by atoms with Gasteiger partial charge in [0, 0.05) is 19.3 Å². The van der Waals surface area contributed by atoms with Gasteiger partial charge in [-0.15, -0.1) is 0 Å². The van der Waals surface area contributed by atoms with E-state index in [1.807, 2.05) is 0 Å². The second-order valence-electron chi connectivity index (χ2n) is 22.0. The topological polar surface area (TPSA) is 78.9 Å². The minimum Gasteiger partial charge on any atom is -0.462 e. The fourth-order valence-electron chi connectivity index (χ4n) is 9.32. The number of allylic oxidation sites excluding steroid dienone is 14. The molecule has 0 aliphatic carbocycles. The summed E-state index contributed by atoms with van der Waals surface area (Å²) in [7, 11) is 0. The van der Waals surface area contributed by atoms with Crippen LogP contribution < -0.4 is 0 Å². The van der Waals surface area contributed by atoms with Crippen molar-refractivity contribution in [3.63, 3.8) is 0 Å². The number of carbonyl (C=O) groups is 3. The molecule has 0 saturated carbocycles. The summed E-state index contributed by atoms with van der Waals surface area (Å²) in [5, 5.41) is 0. The van der Waals surface area contributed by atoms with Gasteiger partial charge >= 0.3 is 17.9 Å². The largest absolute Gasteiger partial charge is 0.462 e. The summed E-state index contributed by atoms with van der Waals surface area (Å²) >= 11 is 0. The lowest BCUT2D eigenvalue weighted by atomic mass is 10.0. The summed E-state index contributed by atoms with van der Waals surface area (Å²) in [6, 6.07) is 0. The lowest BCUT2D eigenvalue weighted by Gasteiger charge is -2.18. The summed E-state index contributed by atoms with van der Waals surface area (Å²) in [6.07, 6.45) is 85.9. The molecule has 0 spiro atoms. The van der Waals surface area contributed by atoms with Gasteiger partial charge in [-0.2, -0.15) is 0 Å². The Labute approximate surface area is 477 Å². The van der Waals surface area contributed by atoms with Gasteiger partial charge < -0.3 is 14.2 Å². The molecule has 0 aliphatic rings. The van der Waals surface area contributed by atoms with Crippen molar-refractivity contribution in [1.82, 2.24) is 0 Å². The van der Waals surface area contributed by atoms with E-state index in [0.29, 0.717) is 19.3 Å². The molecule has 0 aromatic carbocycles. The van der Waals surface area contributed by atoms with Gasteiger partial charge in [0.1, 0.15) is 13.2 Å². The Morgan fingerprint density at radius 1 is 0.260 bits per heavy atom. The molecule has 0 amide bonds. The molecule has 0 N–H and O–H groups in total. The number of ether oxygens (including phenoxy) is 3. The van der Waals surface area contributed by atoms with Crippen LogP contribution in [0.15, 0.2) is 85.1 Å². The van der Waals surface area contributed by atoms with Crippen molar-refractivity contribution < 1.29 is 28.6 Å². The highest BCUT2D eigenvalue weighted by Crippen LogP contribution is 2.16. The van der Waals surface area contributed by atoms with E-state index >= 15 is 0 Å². The number of rotatable bonds is 60. The molecule has 0 aromatic rings. The first-order valence-corrected chi connectivity index (χ1v) is 33.1. The van der Waals surface area contributed by atoms with Crippen molar-refractivity contribution in [2.75, 3.05) is 13.2 Å². The van der Waals surface area contributed by atoms with Crippen LogP contribution in [0.1, 0.15) is 329 Å². The van der Waals surface area contributed by atoms with E-state index in [0.717, 1.165) is 103 Å². The Morgan fingerprint density at radius 3 is 0.779 bits per heavy atom. The minimum atomic E-state index is -0.789. The molecule has 0 heterocycles. The van der Waals surface area contributed by atoms with Crippen LogP contribution in [-0.2, 0) is 28.6 Å². The molecule has 0 fully saturated rings. The second kappa shape index (κ2) is 65.1. The van der Waals surface area contributed by atoms with Gasteiger partial charge in [-0.1, -0.05) is 279 Å². The molecule has 6 nitrogen and oxygen atoms in total. The molecular formula is C71H124O6. The van der Waals surface area contributed by atoms with Crippen molar-refractivity contribution in [3.8, 4) is 0 Å². The van der Waals surface area contributed by atoms with Gasteiger partial charge in [0.05, 0.1) is 0 Å². The van der Waals surface area contributed by atoms with Crippen LogP contribution in [-0.4, -0.2) is 37.2 Å². The lowest BCUT2D eigenvalue weighted by Crippen LogP contribution is -2.30. The third-order valence-electron chi connectivity index (χ3n) is 14.3. The second-order valence-corrected chi connectivity index (χ2v) is 22.0. The first-order chi connectivity index (χ1) is 38.0. The Bertz CT molecular complexity index is 1470. The van der Waals surface area contributed by atoms with Gasteiger partial charge in [-0.3, -0.25) is 14.4 Å². The van der Waals surface area contributed by atoms with E-state index in [-0.39, 0.29) is 31.1 Å². The molecule has 77 heavy (non-hydrogen) atoms. The van der Waals surface area contributed by atoms with Crippen LogP contribution in [0.5, 0.6) is 0 Å². The molecule has 1 atom stereocenters. The zero-order valence-corrected chi connectivity index (χ0v) is 51.0. The maximum Gasteiger partial charge on any atom is 0.306 e. The number of unbranched alkanes of at least 4 members (excludes halogenated alkanes) is 35. The Morgan fingerprint density at radius 2 is 0.481 bits per heavy atom. The van der Waals surface area contributed by atoms with E-state index in [4.69, 9.17) is 14.2 Å². The standard InChI is InChI=1S/C71H124O6/c1-4-7-10-13-16-19-22-25-28-30-32-33-34-35-36-37-38-39-40-42-43-46-49-52-55-58-61-64-70(73)76-67-68(66-75-69(72)63-60-57-54-51-48-45-27-24-21-18-15-12-9-6-3)77-71(74)65-62-59-56-53-50-47-44-41-31-29-26-23-20-17-14-11-8-5-2/h15,18,20,22-25,27,29-32,34-35,68H,4-14,16-17,19,21,26,28,33,36-67H2,1-3H3/b18-15-,23-20-,25-22-,27-24-,31-29-,32-30-,35-34-. The maximum absolute atomic E-state index is 12.9. The monoisotopic (exact) mass is 1070 g/mol. The van der Waals surface area contributed by atoms with E-state index < -0.39 is 6.10 Å². The highest BCUT2D eigenvalue weighted by molar-refractivity contribution is 5.71. The molecule has 0 bridgehead atoms. The van der Waals surface area contributed by atoms with Crippen LogP contribution >= 0.6 is 0 Å². The molecule has 0 aromatic heterocycles. The smallest absolute Gasteiger partial charge is 0.306 e. The molecular weight excluding hydrogens is 949 g/mol. The van der Waals surface area contributed by atoms with Crippen molar-refractivity contribution in [1.29, 1.82) is 0 Å². The first kappa shape index (κ1) is 73.6. The fraction of sp³-hybridized carbons (Fsp3) is 0.761. The zero-order chi connectivity index (χ0) is 55.7. The van der Waals surface area contributed by atoms with Crippen LogP contribution in [0.2, 0.25) is 0 Å². The van der Waals surface area contributed by atoms with Crippen molar-refractivity contribution in [3.05, 3.63) is 85.1 Å². The molecule has 0 radical (unpaired) electrons. The molecule has 444 valence electrons. The van der Waals surface area contributed by atoms with E-state index in [9.17, 15) is 14.4 Å². The van der Waals surface area contributed by atoms with Crippen LogP contribution in [0.3, 0.4) is 0 Å². The Balaban J connectivity index is 4.31. The van der Waals surface area contributed by atoms with Gasteiger partial charge in [0.15, 0.2) is 6.10 Å². The summed E-state index contributed by atoms with van der Waals surface area (Å²) in [6.45, 7) is 6.58. The van der Waals surface area contributed by atoms with Crippen LogP contribution in [0, 0.1) is 0 Å². The van der Waals surface area contributed by atoms with Crippen LogP contribution in [0.25, 0.3) is 0 Å². The first-order valence-electron chi connectivity index (χ1n) is 33.1. The quantitative estimate of drug-likeness (QED) is 0.0261. The molecule has 0 aliphatic heterocycles. The van der Waals surface area contributed by atoms with Crippen LogP contribution in [0.4, 0.5) is 0 Å². The average Bonchev–Trinajstić information content (AvgIpc) is 3.43. The maximum atomic E-state index is 12.9. The van der Waals surface area contributed by atoms with Crippen molar-refractivity contribution >= 4 is 17.9 Å². The molecule has 1 unspecified atom stereocenters. The van der Waals surface area contributed by atoms with Gasteiger partial charge in [0.25, 0.3) is 0 Å². The fourth-order valence-corrected chi connectivity index (χ4v) is 9.32. The van der Waals surface area contributed by atoms with Gasteiger partial charge in [-0.25, -0.2) is 0 Å². The Hall–Kier alpha value is -3.41. The van der Waals surface area contributed by atoms with Gasteiger partial charge in [0.2, 0.25) is 0 Å². The average molecular weight is 1070 g/mol. The molecule has 0 saturated heterocycles. The summed E-state index contributed by atoms with van der Waals surface area (Å²) in [5.41, 5.74) is 0. The zero-order valence-electron chi connectivity index (χ0n) is 51.0. The molecule has 0 rings (SSSR count). The van der Waals surface area contributed by atoms with Gasteiger partial charge in [-0.05, 0) is 116 Å². The molecule has 6 heteroatoms. The van der Waals surface area contributed by atoms with Crippen molar-refractivity contribution in [2.45, 2.75) is 335 Å². The summed E-state index contributed by atoms with van der Waals surface area (Å²) in [4.78, 5) is 38.3. The van der Waals surface area contributed by atoms with Crippen molar-refractivity contribution in [2.24, 2.45) is 0 Å². The number of carbonyl (C=O) groups excluding carboxylic acids is 3. The third kappa shape index (κ3) is 63.3.